The molecule has 2 aromatic rings. The summed E-state index contributed by atoms with van der Waals surface area (Å²) in [5, 5.41) is 13.0. The summed E-state index contributed by atoms with van der Waals surface area (Å²) in [7, 11) is 0. The fourth-order valence-electron chi connectivity index (χ4n) is 2.21. The summed E-state index contributed by atoms with van der Waals surface area (Å²) in [5.41, 5.74) is 1.10. The van der Waals surface area contributed by atoms with Crippen LogP contribution < -0.4 is 0 Å². The minimum absolute atomic E-state index is 0.125. The molecular weight excluding hydrogens is 202 g/mol. The summed E-state index contributed by atoms with van der Waals surface area (Å²) in [4.78, 5) is 10.4. The normalized spacial score (nSPS) is 23.2. The summed E-state index contributed by atoms with van der Waals surface area (Å²) < 4.78 is 0. The molecular formula is C13H11NO2. The number of nitro groups is 1. The Balaban J connectivity index is 1.98. The van der Waals surface area contributed by atoms with Gasteiger partial charge in [-0.2, -0.15) is 0 Å². The average Bonchev–Trinajstić information content (AvgIpc) is 3.08. The van der Waals surface area contributed by atoms with Gasteiger partial charge in [0.05, 0.1) is 5.92 Å². The molecule has 3 heteroatoms. The van der Waals surface area contributed by atoms with Crippen molar-refractivity contribution in [2.45, 2.75) is 18.4 Å². The van der Waals surface area contributed by atoms with Crippen molar-refractivity contribution >= 4 is 10.8 Å². The first kappa shape index (κ1) is 9.33. The van der Waals surface area contributed by atoms with Gasteiger partial charge in [-0.1, -0.05) is 42.5 Å². The Morgan fingerprint density at radius 2 is 1.88 bits per heavy atom. The van der Waals surface area contributed by atoms with Gasteiger partial charge in [-0.05, 0) is 16.3 Å². The van der Waals surface area contributed by atoms with Crippen molar-refractivity contribution in [2.75, 3.05) is 0 Å². The molecule has 0 saturated heterocycles. The number of benzene rings is 2. The molecule has 0 aliphatic heterocycles. The molecule has 3 nitrogen and oxygen atoms in total. The molecule has 0 radical (unpaired) electrons. The van der Waals surface area contributed by atoms with Crippen molar-refractivity contribution in [2.24, 2.45) is 0 Å². The van der Waals surface area contributed by atoms with Gasteiger partial charge in [-0.3, -0.25) is 10.1 Å². The van der Waals surface area contributed by atoms with E-state index in [4.69, 9.17) is 0 Å². The van der Waals surface area contributed by atoms with Gasteiger partial charge in [0.25, 0.3) is 0 Å². The van der Waals surface area contributed by atoms with Crippen LogP contribution in [0.2, 0.25) is 0 Å². The van der Waals surface area contributed by atoms with E-state index >= 15 is 0 Å². The van der Waals surface area contributed by atoms with Crippen molar-refractivity contribution in [3.05, 3.63) is 58.1 Å². The fraction of sp³-hybridized carbons (Fsp3) is 0.231. The molecule has 3 rings (SSSR count). The summed E-state index contributed by atoms with van der Waals surface area (Å²) in [6.45, 7) is 0. The number of rotatable bonds is 2. The third kappa shape index (κ3) is 1.45. The summed E-state index contributed by atoms with van der Waals surface area (Å²) in [6, 6.07) is 13.9. The summed E-state index contributed by atoms with van der Waals surface area (Å²) >= 11 is 0. The maximum absolute atomic E-state index is 10.6. The SMILES string of the molecule is O=[N+]([O-])[C@H]1C[C@@H]1c1ccc2ccccc2c1. The zero-order chi connectivity index (χ0) is 11.1. The second-order valence-electron chi connectivity index (χ2n) is 4.30. The Hall–Kier alpha value is -1.90. The monoisotopic (exact) mass is 213 g/mol. The van der Waals surface area contributed by atoms with E-state index in [-0.39, 0.29) is 16.9 Å². The fourth-order valence-corrected chi connectivity index (χ4v) is 2.21. The highest BCUT2D eigenvalue weighted by Crippen LogP contribution is 2.43. The largest absolute Gasteiger partial charge is 0.264 e. The van der Waals surface area contributed by atoms with Crippen LogP contribution in [0, 0.1) is 10.1 Å². The van der Waals surface area contributed by atoms with E-state index in [1.807, 2.05) is 30.3 Å². The number of hydrogen-bond acceptors (Lipinski definition) is 2. The number of nitrogens with zero attached hydrogens (tertiary/aromatic N) is 1. The third-order valence-electron chi connectivity index (χ3n) is 3.23. The van der Waals surface area contributed by atoms with E-state index in [1.54, 1.807) is 0 Å². The highest BCUT2D eigenvalue weighted by atomic mass is 16.6. The van der Waals surface area contributed by atoms with E-state index < -0.39 is 0 Å². The second-order valence-corrected chi connectivity index (χ2v) is 4.30. The van der Waals surface area contributed by atoms with E-state index in [0.29, 0.717) is 6.42 Å². The third-order valence-corrected chi connectivity index (χ3v) is 3.23. The Morgan fingerprint density at radius 1 is 1.12 bits per heavy atom. The lowest BCUT2D eigenvalue weighted by Gasteiger charge is -2.01. The highest BCUT2D eigenvalue weighted by Gasteiger charge is 2.49. The molecule has 1 aliphatic carbocycles. The van der Waals surface area contributed by atoms with Crippen LogP contribution in [0.1, 0.15) is 17.9 Å². The van der Waals surface area contributed by atoms with Crippen LogP contribution in [-0.2, 0) is 0 Å². The molecule has 1 saturated carbocycles. The van der Waals surface area contributed by atoms with Crippen LogP contribution in [0.5, 0.6) is 0 Å². The second kappa shape index (κ2) is 3.30. The molecule has 0 unspecified atom stereocenters. The molecule has 0 amide bonds. The first-order valence-corrected chi connectivity index (χ1v) is 5.38. The topological polar surface area (TPSA) is 43.1 Å². The van der Waals surface area contributed by atoms with E-state index in [2.05, 4.69) is 12.1 Å². The zero-order valence-corrected chi connectivity index (χ0v) is 8.67. The molecule has 0 aromatic heterocycles. The molecule has 0 N–H and O–H groups in total. The summed E-state index contributed by atoms with van der Waals surface area (Å²) in [6.07, 6.45) is 0.686. The van der Waals surface area contributed by atoms with Crippen molar-refractivity contribution in [1.82, 2.24) is 0 Å². The van der Waals surface area contributed by atoms with Crippen LogP contribution >= 0.6 is 0 Å². The predicted octanol–water partition coefficient (Wildman–Crippen LogP) is 2.97. The number of fused-ring (bicyclic) bond motifs is 1. The number of hydrogen-bond donors (Lipinski definition) is 0. The van der Waals surface area contributed by atoms with E-state index in [0.717, 1.165) is 10.9 Å². The lowest BCUT2D eigenvalue weighted by molar-refractivity contribution is -0.496. The van der Waals surface area contributed by atoms with Crippen LogP contribution in [-0.4, -0.2) is 11.0 Å². The molecule has 0 heterocycles. The zero-order valence-electron chi connectivity index (χ0n) is 8.67. The Kier molecular flexibility index (Phi) is 1.93. The molecule has 1 fully saturated rings. The maximum Gasteiger partial charge on any atom is 0.221 e. The van der Waals surface area contributed by atoms with Crippen molar-refractivity contribution in [3.63, 3.8) is 0 Å². The minimum Gasteiger partial charge on any atom is -0.264 e. The van der Waals surface area contributed by atoms with E-state index in [1.165, 1.54) is 5.39 Å². The average molecular weight is 213 g/mol. The predicted molar refractivity (Wildman–Crippen MR) is 62.1 cm³/mol. The molecule has 2 aromatic carbocycles. The van der Waals surface area contributed by atoms with Crippen molar-refractivity contribution in [3.8, 4) is 0 Å². The smallest absolute Gasteiger partial charge is 0.221 e. The maximum atomic E-state index is 10.6. The van der Waals surface area contributed by atoms with Gasteiger partial charge in [0, 0.05) is 11.3 Å². The Morgan fingerprint density at radius 3 is 2.56 bits per heavy atom. The van der Waals surface area contributed by atoms with Gasteiger partial charge in [0.1, 0.15) is 0 Å². The molecule has 2 atom stereocenters. The van der Waals surface area contributed by atoms with Gasteiger partial charge < -0.3 is 0 Å². The summed E-state index contributed by atoms with van der Waals surface area (Å²) in [5.74, 6) is 0.125. The van der Waals surface area contributed by atoms with Gasteiger partial charge in [0.15, 0.2) is 0 Å². The molecule has 80 valence electrons. The van der Waals surface area contributed by atoms with Gasteiger partial charge in [0.2, 0.25) is 6.04 Å². The minimum atomic E-state index is -0.360. The highest BCUT2D eigenvalue weighted by molar-refractivity contribution is 5.83. The van der Waals surface area contributed by atoms with Crippen LogP contribution in [0.4, 0.5) is 0 Å². The molecule has 16 heavy (non-hydrogen) atoms. The van der Waals surface area contributed by atoms with Crippen LogP contribution in [0.25, 0.3) is 10.8 Å². The molecule has 0 spiro atoms. The quantitative estimate of drug-likeness (QED) is 0.568. The molecule has 1 aliphatic rings. The standard InChI is InChI=1S/C13H11NO2/c15-14(16)13-8-12(13)11-6-5-9-3-1-2-4-10(9)7-11/h1-7,12-13H,8H2/t12-,13+/m1/s1. The first-order valence-electron chi connectivity index (χ1n) is 5.38. The van der Waals surface area contributed by atoms with Crippen molar-refractivity contribution in [1.29, 1.82) is 0 Å². The van der Waals surface area contributed by atoms with Crippen LogP contribution in [0.3, 0.4) is 0 Å². The van der Waals surface area contributed by atoms with Crippen LogP contribution in [0.15, 0.2) is 42.5 Å². The first-order chi connectivity index (χ1) is 7.75. The Labute approximate surface area is 92.9 Å². The van der Waals surface area contributed by atoms with Crippen molar-refractivity contribution < 1.29 is 4.92 Å². The van der Waals surface area contributed by atoms with Gasteiger partial charge in [-0.15, -0.1) is 0 Å². The lowest BCUT2D eigenvalue weighted by Crippen LogP contribution is -2.02. The van der Waals surface area contributed by atoms with Gasteiger partial charge >= 0.3 is 0 Å². The Bertz CT molecular complexity index is 565. The molecule has 0 bridgehead atoms. The lowest BCUT2D eigenvalue weighted by atomic mass is 10.0. The van der Waals surface area contributed by atoms with E-state index in [9.17, 15) is 10.1 Å². The van der Waals surface area contributed by atoms with Gasteiger partial charge in [-0.25, -0.2) is 0 Å².